The smallest absolute Gasteiger partial charge is 0.248 e. The SMILES string of the molecule is CC1=C(C(N)=O)[C@@H](c2ccccc2)N=C(SCC(N)=O)N1. The predicted octanol–water partition coefficient (Wildman–Crippen LogP) is 0.665. The number of hydrogen-bond donors (Lipinski definition) is 3. The van der Waals surface area contributed by atoms with E-state index >= 15 is 0 Å². The molecule has 6 nitrogen and oxygen atoms in total. The van der Waals surface area contributed by atoms with E-state index in [9.17, 15) is 9.59 Å². The molecular formula is C14H16N4O2S. The molecule has 1 atom stereocenters. The number of carbonyl (C=O) groups excluding carboxylic acids is 2. The van der Waals surface area contributed by atoms with E-state index in [1.807, 2.05) is 30.3 Å². The van der Waals surface area contributed by atoms with E-state index < -0.39 is 17.9 Å². The van der Waals surface area contributed by atoms with Crippen molar-refractivity contribution in [2.75, 3.05) is 5.75 Å². The van der Waals surface area contributed by atoms with Crippen LogP contribution in [0.1, 0.15) is 18.5 Å². The average Bonchev–Trinajstić information content (AvgIpc) is 2.45. The molecule has 2 rings (SSSR count). The Hall–Kier alpha value is -2.28. The number of nitrogens with one attached hydrogen (secondary N) is 1. The first-order valence-electron chi connectivity index (χ1n) is 6.30. The first-order valence-corrected chi connectivity index (χ1v) is 7.29. The molecule has 110 valence electrons. The lowest BCUT2D eigenvalue weighted by molar-refractivity contribution is -0.116. The van der Waals surface area contributed by atoms with Gasteiger partial charge in [0, 0.05) is 5.70 Å². The number of carbonyl (C=O) groups is 2. The monoisotopic (exact) mass is 304 g/mol. The van der Waals surface area contributed by atoms with Crippen molar-refractivity contribution in [1.29, 1.82) is 0 Å². The van der Waals surface area contributed by atoms with Crippen molar-refractivity contribution in [1.82, 2.24) is 5.32 Å². The Kier molecular flexibility index (Phi) is 4.64. The van der Waals surface area contributed by atoms with Gasteiger partial charge in [-0.15, -0.1) is 0 Å². The minimum absolute atomic E-state index is 0.118. The number of amides is 2. The minimum Gasteiger partial charge on any atom is -0.369 e. The molecule has 0 spiro atoms. The molecule has 7 heteroatoms. The molecule has 1 aromatic carbocycles. The summed E-state index contributed by atoms with van der Waals surface area (Å²) in [7, 11) is 0. The fourth-order valence-corrected chi connectivity index (χ4v) is 2.74. The molecule has 0 aliphatic carbocycles. The Morgan fingerprint density at radius 3 is 2.52 bits per heavy atom. The summed E-state index contributed by atoms with van der Waals surface area (Å²) in [5.74, 6) is -0.827. The van der Waals surface area contributed by atoms with Gasteiger partial charge in [0.1, 0.15) is 6.04 Å². The number of hydrogen-bond acceptors (Lipinski definition) is 5. The van der Waals surface area contributed by atoms with Crippen LogP contribution >= 0.6 is 11.8 Å². The molecule has 21 heavy (non-hydrogen) atoms. The van der Waals surface area contributed by atoms with Crippen LogP contribution in [-0.2, 0) is 9.59 Å². The number of nitrogens with two attached hydrogens (primary N) is 2. The zero-order valence-electron chi connectivity index (χ0n) is 11.5. The second-order valence-electron chi connectivity index (χ2n) is 4.53. The maximum Gasteiger partial charge on any atom is 0.248 e. The molecule has 1 heterocycles. The molecule has 5 N–H and O–H groups in total. The quantitative estimate of drug-likeness (QED) is 0.759. The maximum absolute atomic E-state index is 11.7. The molecule has 1 aliphatic heterocycles. The summed E-state index contributed by atoms with van der Waals surface area (Å²) in [6, 6.07) is 8.92. The second kappa shape index (κ2) is 6.45. The lowest BCUT2D eigenvalue weighted by Crippen LogP contribution is -2.33. The van der Waals surface area contributed by atoms with Gasteiger partial charge >= 0.3 is 0 Å². The van der Waals surface area contributed by atoms with Crippen LogP contribution in [0.4, 0.5) is 0 Å². The van der Waals surface area contributed by atoms with Crippen LogP contribution in [0.3, 0.4) is 0 Å². The van der Waals surface area contributed by atoms with Gasteiger partial charge in [0.25, 0.3) is 0 Å². The van der Waals surface area contributed by atoms with Gasteiger partial charge in [0.2, 0.25) is 11.8 Å². The number of aliphatic imine (C=N–C) groups is 1. The standard InChI is InChI=1S/C14H16N4O2S/c1-8-11(13(16)20)12(9-5-3-2-4-6-9)18-14(17-8)21-7-10(15)19/h2-6,12H,7H2,1H3,(H2,15,19)(H2,16,20)(H,17,18)/t12-/m1/s1. The molecule has 0 aromatic heterocycles. The Bertz CT molecular complexity index is 625. The van der Waals surface area contributed by atoms with E-state index in [2.05, 4.69) is 10.3 Å². The summed E-state index contributed by atoms with van der Waals surface area (Å²) in [6.45, 7) is 1.76. The van der Waals surface area contributed by atoms with Gasteiger partial charge in [-0.1, -0.05) is 42.1 Å². The Morgan fingerprint density at radius 1 is 1.29 bits per heavy atom. The normalized spacial score (nSPS) is 18.0. The van der Waals surface area contributed by atoms with E-state index in [0.717, 1.165) is 5.56 Å². The lowest BCUT2D eigenvalue weighted by Gasteiger charge is -2.25. The number of thioether (sulfide) groups is 1. The third kappa shape index (κ3) is 3.63. The van der Waals surface area contributed by atoms with Crippen LogP contribution in [0, 0.1) is 0 Å². The summed E-state index contributed by atoms with van der Waals surface area (Å²) in [5.41, 5.74) is 12.5. The number of benzene rings is 1. The summed E-state index contributed by atoms with van der Waals surface area (Å²) >= 11 is 1.20. The van der Waals surface area contributed by atoms with Crippen molar-refractivity contribution in [2.45, 2.75) is 13.0 Å². The van der Waals surface area contributed by atoms with Crippen LogP contribution in [0.5, 0.6) is 0 Å². The van der Waals surface area contributed by atoms with Crippen LogP contribution in [0.2, 0.25) is 0 Å². The number of primary amides is 2. The molecule has 0 radical (unpaired) electrons. The van der Waals surface area contributed by atoms with Crippen molar-refractivity contribution in [3.63, 3.8) is 0 Å². The highest BCUT2D eigenvalue weighted by atomic mass is 32.2. The number of amidine groups is 1. The van der Waals surface area contributed by atoms with Crippen LogP contribution in [0.15, 0.2) is 46.6 Å². The van der Waals surface area contributed by atoms with Crippen molar-refractivity contribution in [3.05, 3.63) is 47.2 Å². The number of rotatable bonds is 4. The largest absolute Gasteiger partial charge is 0.369 e. The average molecular weight is 304 g/mol. The summed E-state index contributed by atoms with van der Waals surface area (Å²) in [4.78, 5) is 27.1. The van der Waals surface area contributed by atoms with Gasteiger partial charge in [-0.3, -0.25) is 9.59 Å². The molecule has 0 fully saturated rings. The fourth-order valence-electron chi connectivity index (χ4n) is 2.06. The van der Waals surface area contributed by atoms with Crippen molar-refractivity contribution in [2.24, 2.45) is 16.5 Å². The van der Waals surface area contributed by atoms with E-state index in [-0.39, 0.29) is 5.75 Å². The maximum atomic E-state index is 11.7. The summed E-state index contributed by atoms with van der Waals surface area (Å²) in [6.07, 6.45) is 0. The number of nitrogens with zero attached hydrogens (tertiary/aromatic N) is 1. The minimum atomic E-state index is -0.517. The Balaban J connectivity index is 2.35. The van der Waals surface area contributed by atoms with Gasteiger partial charge in [-0.25, -0.2) is 4.99 Å². The predicted molar refractivity (Wildman–Crippen MR) is 83.3 cm³/mol. The first kappa shape index (κ1) is 15.1. The zero-order chi connectivity index (χ0) is 15.4. The van der Waals surface area contributed by atoms with Gasteiger partial charge < -0.3 is 16.8 Å². The molecule has 0 bridgehead atoms. The summed E-state index contributed by atoms with van der Waals surface area (Å²) < 4.78 is 0. The van der Waals surface area contributed by atoms with Gasteiger partial charge in [0.15, 0.2) is 5.17 Å². The molecule has 0 unspecified atom stereocenters. The molecule has 0 saturated heterocycles. The van der Waals surface area contributed by atoms with E-state index in [1.165, 1.54) is 11.8 Å². The molecule has 0 saturated carbocycles. The highest BCUT2D eigenvalue weighted by Crippen LogP contribution is 2.31. The highest BCUT2D eigenvalue weighted by Gasteiger charge is 2.27. The summed E-state index contributed by atoms with van der Waals surface area (Å²) in [5, 5.41) is 3.53. The van der Waals surface area contributed by atoms with Crippen LogP contribution in [-0.4, -0.2) is 22.7 Å². The van der Waals surface area contributed by atoms with E-state index in [4.69, 9.17) is 11.5 Å². The topological polar surface area (TPSA) is 111 Å². The second-order valence-corrected chi connectivity index (χ2v) is 5.49. The van der Waals surface area contributed by atoms with Crippen molar-refractivity contribution >= 4 is 28.7 Å². The van der Waals surface area contributed by atoms with Gasteiger partial charge in [-0.2, -0.15) is 0 Å². The molecular weight excluding hydrogens is 288 g/mol. The van der Waals surface area contributed by atoms with E-state index in [0.29, 0.717) is 16.4 Å². The van der Waals surface area contributed by atoms with Crippen molar-refractivity contribution in [3.8, 4) is 0 Å². The number of allylic oxidation sites excluding steroid dienone is 1. The van der Waals surface area contributed by atoms with Crippen LogP contribution < -0.4 is 16.8 Å². The Labute approximate surface area is 126 Å². The van der Waals surface area contributed by atoms with Gasteiger partial charge in [-0.05, 0) is 12.5 Å². The molecule has 2 amide bonds. The van der Waals surface area contributed by atoms with Gasteiger partial charge in [0.05, 0.1) is 11.3 Å². The third-order valence-electron chi connectivity index (χ3n) is 2.95. The zero-order valence-corrected chi connectivity index (χ0v) is 12.3. The van der Waals surface area contributed by atoms with Crippen molar-refractivity contribution < 1.29 is 9.59 Å². The molecule has 1 aromatic rings. The first-order chi connectivity index (χ1) is 9.99. The molecule has 1 aliphatic rings. The third-order valence-corrected chi connectivity index (χ3v) is 3.86. The Morgan fingerprint density at radius 2 is 1.95 bits per heavy atom. The van der Waals surface area contributed by atoms with Crippen LogP contribution in [0.25, 0.3) is 0 Å². The lowest BCUT2D eigenvalue weighted by atomic mass is 9.96. The fraction of sp³-hybridized carbons (Fsp3) is 0.214. The van der Waals surface area contributed by atoms with E-state index in [1.54, 1.807) is 6.92 Å². The highest BCUT2D eigenvalue weighted by molar-refractivity contribution is 8.14.